The number of hydrogen-bond acceptors (Lipinski definition) is 3. The first-order valence-corrected chi connectivity index (χ1v) is 8.84. The molecule has 1 rings (SSSR count). The van der Waals surface area contributed by atoms with Gasteiger partial charge in [0.05, 0.1) is 19.8 Å². The standard InChI is InChI=1S/C17H26INO3/c1-5-7-8-12(6-2)11-19-17(20)13-9-15(21-3)16(22-4)10-14(13)18/h9-10,12H,5-8,11H2,1-4H3,(H,19,20). The summed E-state index contributed by atoms with van der Waals surface area (Å²) in [5, 5.41) is 3.05. The Bertz CT molecular complexity index is 491. The number of benzene rings is 1. The first-order chi connectivity index (χ1) is 10.6. The smallest absolute Gasteiger partial charge is 0.252 e. The van der Waals surface area contributed by atoms with Gasteiger partial charge in [-0.1, -0.05) is 33.1 Å². The quantitative estimate of drug-likeness (QED) is 0.609. The lowest BCUT2D eigenvalue weighted by Gasteiger charge is -2.16. The monoisotopic (exact) mass is 419 g/mol. The third kappa shape index (κ3) is 5.34. The van der Waals surface area contributed by atoms with Crippen molar-refractivity contribution < 1.29 is 14.3 Å². The minimum Gasteiger partial charge on any atom is -0.493 e. The largest absolute Gasteiger partial charge is 0.493 e. The van der Waals surface area contributed by atoms with Gasteiger partial charge in [-0.3, -0.25) is 4.79 Å². The molecule has 0 aliphatic carbocycles. The zero-order valence-corrected chi connectivity index (χ0v) is 16.0. The molecule has 1 aromatic rings. The van der Waals surface area contributed by atoms with Crippen LogP contribution in [-0.4, -0.2) is 26.7 Å². The number of nitrogens with one attached hydrogen (secondary N) is 1. The van der Waals surface area contributed by atoms with E-state index in [2.05, 4.69) is 41.8 Å². The van der Waals surface area contributed by atoms with Crippen LogP contribution in [0.3, 0.4) is 0 Å². The van der Waals surface area contributed by atoms with Gasteiger partial charge in [0.15, 0.2) is 11.5 Å². The van der Waals surface area contributed by atoms with Crippen LogP contribution in [0.4, 0.5) is 0 Å². The van der Waals surface area contributed by atoms with E-state index >= 15 is 0 Å². The fourth-order valence-corrected chi connectivity index (χ4v) is 2.99. The summed E-state index contributed by atoms with van der Waals surface area (Å²) < 4.78 is 11.4. The molecular weight excluding hydrogens is 393 g/mol. The number of carbonyl (C=O) groups excluding carboxylic acids is 1. The Hall–Kier alpha value is -0.980. The number of ether oxygens (including phenoxy) is 2. The third-order valence-electron chi connectivity index (χ3n) is 3.81. The lowest BCUT2D eigenvalue weighted by Crippen LogP contribution is -2.29. The Morgan fingerprint density at radius 1 is 1.23 bits per heavy atom. The van der Waals surface area contributed by atoms with E-state index in [1.165, 1.54) is 12.8 Å². The molecule has 1 N–H and O–H groups in total. The summed E-state index contributed by atoms with van der Waals surface area (Å²) >= 11 is 2.15. The molecule has 1 aromatic carbocycles. The van der Waals surface area contributed by atoms with E-state index < -0.39 is 0 Å². The van der Waals surface area contributed by atoms with E-state index in [-0.39, 0.29) is 5.91 Å². The van der Waals surface area contributed by atoms with Crippen LogP contribution in [0.5, 0.6) is 11.5 Å². The second-order valence-electron chi connectivity index (χ2n) is 5.31. The maximum absolute atomic E-state index is 12.4. The highest BCUT2D eigenvalue weighted by atomic mass is 127. The van der Waals surface area contributed by atoms with E-state index in [1.807, 2.05) is 6.07 Å². The van der Waals surface area contributed by atoms with Gasteiger partial charge in [0.25, 0.3) is 5.91 Å². The molecule has 0 aromatic heterocycles. The predicted octanol–water partition coefficient (Wildman–Crippen LogP) is 4.25. The molecule has 0 spiro atoms. The van der Waals surface area contributed by atoms with Crippen molar-refractivity contribution in [1.82, 2.24) is 5.32 Å². The van der Waals surface area contributed by atoms with E-state index in [0.29, 0.717) is 23.0 Å². The van der Waals surface area contributed by atoms with E-state index in [9.17, 15) is 4.79 Å². The number of halogens is 1. The number of methoxy groups -OCH3 is 2. The number of hydrogen-bond donors (Lipinski definition) is 1. The number of unbranched alkanes of at least 4 members (excludes halogenated alkanes) is 1. The third-order valence-corrected chi connectivity index (χ3v) is 4.70. The minimum absolute atomic E-state index is 0.0553. The summed E-state index contributed by atoms with van der Waals surface area (Å²) in [6.07, 6.45) is 4.65. The van der Waals surface area contributed by atoms with Gasteiger partial charge in [0, 0.05) is 10.1 Å². The van der Waals surface area contributed by atoms with Crippen LogP contribution in [0.15, 0.2) is 12.1 Å². The Morgan fingerprint density at radius 2 is 1.86 bits per heavy atom. The Balaban J connectivity index is 2.76. The lowest BCUT2D eigenvalue weighted by atomic mass is 9.99. The fraction of sp³-hybridized carbons (Fsp3) is 0.588. The zero-order valence-electron chi connectivity index (χ0n) is 13.9. The van der Waals surface area contributed by atoms with Gasteiger partial charge in [-0.2, -0.15) is 0 Å². The molecule has 22 heavy (non-hydrogen) atoms. The van der Waals surface area contributed by atoms with Crippen molar-refractivity contribution in [2.75, 3.05) is 20.8 Å². The fourth-order valence-electron chi connectivity index (χ4n) is 2.30. The van der Waals surface area contributed by atoms with Crippen LogP contribution in [0, 0.1) is 9.49 Å². The highest BCUT2D eigenvalue weighted by Gasteiger charge is 2.16. The van der Waals surface area contributed by atoms with Crippen molar-refractivity contribution in [2.24, 2.45) is 5.92 Å². The number of rotatable bonds is 9. The van der Waals surface area contributed by atoms with Crippen LogP contribution in [-0.2, 0) is 0 Å². The Morgan fingerprint density at radius 3 is 2.41 bits per heavy atom. The normalized spacial score (nSPS) is 11.9. The van der Waals surface area contributed by atoms with Crippen molar-refractivity contribution in [3.63, 3.8) is 0 Å². The van der Waals surface area contributed by atoms with E-state index in [4.69, 9.17) is 9.47 Å². The maximum atomic E-state index is 12.4. The summed E-state index contributed by atoms with van der Waals surface area (Å²) in [5.41, 5.74) is 0.628. The van der Waals surface area contributed by atoms with Crippen LogP contribution in [0.1, 0.15) is 49.9 Å². The predicted molar refractivity (Wildman–Crippen MR) is 97.9 cm³/mol. The van der Waals surface area contributed by atoms with Crippen molar-refractivity contribution in [3.8, 4) is 11.5 Å². The van der Waals surface area contributed by atoms with Gasteiger partial charge in [-0.15, -0.1) is 0 Å². The molecule has 0 aliphatic rings. The van der Waals surface area contributed by atoms with Gasteiger partial charge in [-0.05, 0) is 47.1 Å². The molecule has 0 bridgehead atoms. The van der Waals surface area contributed by atoms with Crippen molar-refractivity contribution in [2.45, 2.75) is 39.5 Å². The summed E-state index contributed by atoms with van der Waals surface area (Å²) in [5.74, 6) is 1.70. The summed E-state index contributed by atoms with van der Waals surface area (Å²) in [4.78, 5) is 12.4. The van der Waals surface area contributed by atoms with Gasteiger partial charge in [-0.25, -0.2) is 0 Å². The second-order valence-corrected chi connectivity index (χ2v) is 6.48. The molecular formula is C17H26INO3. The van der Waals surface area contributed by atoms with Crippen molar-refractivity contribution >= 4 is 28.5 Å². The van der Waals surface area contributed by atoms with Crippen LogP contribution >= 0.6 is 22.6 Å². The molecule has 1 unspecified atom stereocenters. The molecule has 5 heteroatoms. The van der Waals surface area contributed by atoms with Crippen LogP contribution in [0.25, 0.3) is 0 Å². The van der Waals surface area contributed by atoms with Gasteiger partial charge < -0.3 is 14.8 Å². The minimum atomic E-state index is -0.0553. The van der Waals surface area contributed by atoms with Crippen LogP contribution < -0.4 is 14.8 Å². The van der Waals surface area contributed by atoms with E-state index in [1.54, 1.807) is 20.3 Å². The van der Waals surface area contributed by atoms with Crippen LogP contribution in [0.2, 0.25) is 0 Å². The Kier molecular flexibility index (Phi) is 8.60. The zero-order chi connectivity index (χ0) is 16.5. The summed E-state index contributed by atoms with van der Waals surface area (Å²) in [6, 6.07) is 3.56. The average molecular weight is 419 g/mol. The molecule has 1 atom stereocenters. The molecule has 0 saturated carbocycles. The SMILES string of the molecule is CCCCC(CC)CNC(=O)c1cc(OC)c(OC)cc1I. The lowest BCUT2D eigenvalue weighted by molar-refractivity contribution is 0.0944. The van der Waals surface area contributed by atoms with Gasteiger partial charge in [0.2, 0.25) is 0 Å². The maximum Gasteiger partial charge on any atom is 0.252 e. The molecule has 0 radical (unpaired) electrons. The molecule has 0 fully saturated rings. The average Bonchev–Trinajstić information content (AvgIpc) is 2.54. The van der Waals surface area contributed by atoms with E-state index in [0.717, 1.165) is 23.0 Å². The first-order valence-electron chi connectivity index (χ1n) is 7.77. The molecule has 1 amide bonds. The highest BCUT2D eigenvalue weighted by molar-refractivity contribution is 14.1. The van der Waals surface area contributed by atoms with Gasteiger partial charge in [0.1, 0.15) is 0 Å². The molecule has 0 heterocycles. The first kappa shape index (κ1) is 19.1. The number of amides is 1. The van der Waals surface area contributed by atoms with Crippen molar-refractivity contribution in [3.05, 3.63) is 21.3 Å². The summed E-state index contributed by atoms with van der Waals surface area (Å²) in [6.45, 7) is 5.09. The molecule has 0 aliphatic heterocycles. The molecule has 0 saturated heterocycles. The second kappa shape index (κ2) is 9.92. The van der Waals surface area contributed by atoms with Crippen molar-refractivity contribution in [1.29, 1.82) is 0 Å². The summed E-state index contributed by atoms with van der Waals surface area (Å²) in [7, 11) is 3.16. The topological polar surface area (TPSA) is 47.6 Å². The highest BCUT2D eigenvalue weighted by Crippen LogP contribution is 2.31. The Labute approximate surface area is 147 Å². The van der Waals surface area contributed by atoms with Gasteiger partial charge >= 0.3 is 0 Å². The molecule has 124 valence electrons. The molecule has 4 nitrogen and oxygen atoms in total. The number of carbonyl (C=O) groups is 1.